The molecule has 1 rings (SSSR count). The molecule has 4 heteroatoms. The van der Waals surface area contributed by atoms with Crippen molar-refractivity contribution in [2.24, 2.45) is 0 Å². The quantitative estimate of drug-likeness (QED) is 0.824. The molecular weight excluding hydrogens is 242 g/mol. The molecule has 0 fully saturated rings. The molecule has 1 atom stereocenters. The summed E-state index contributed by atoms with van der Waals surface area (Å²) in [7, 11) is 1.64. The summed E-state index contributed by atoms with van der Waals surface area (Å²) in [6.07, 6.45) is 0.895. The lowest BCUT2D eigenvalue weighted by Crippen LogP contribution is -2.32. The average Bonchev–Trinajstić information content (AvgIpc) is 2.42. The van der Waals surface area contributed by atoms with E-state index in [0.29, 0.717) is 0 Å². The summed E-state index contributed by atoms with van der Waals surface area (Å²) in [4.78, 5) is 11.8. The third-order valence-electron chi connectivity index (χ3n) is 2.81. The number of nitrogens with one attached hydrogen (secondary N) is 1. The molecule has 0 aliphatic heterocycles. The summed E-state index contributed by atoms with van der Waals surface area (Å²) in [5.41, 5.74) is 1.07. The van der Waals surface area contributed by atoms with E-state index in [-0.39, 0.29) is 24.7 Å². The molecule has 1 N–H and O–H groups in total. The van der Waals surface area contributed by atoms with Gasteiger partial charge in [-0.15, -0.1) is 0 Å². The second-order valence-electron chi connectivity index (χ2n) is 4.66. The first-order chi connectivity index (χ1) is 9.06. The van der Waals surface area contributed by atoms with Gasteiger partial charge in [0.2, 0.25) is 5.91 Å². The summed E-state index contributed by atoms with van der Waals surface area (Å²) >= 11 is 0. The second kappa shape index (κ2) is 7.79. The molecule has 0 spiro atoms. The number of ether oxygens (including phenoxy) is 2. The highest BCUT2D eigenvalue weighted by Crippen LogP contribution is 2.19. The van der Waals surface area contributed by atoms with E-state index < -0.39 is 0 Å². The summed E-state index contributed by atoms with van der Waals surface area (Å²) < 4.78 is 10.4. The van der Waals surface area contributed by atoms with Gasteiger partial charge in [0.15, 0.2) is 0 Å². The van der Waals surface area contributed by atoms with Gasteiger partial charge in [0, 0.05) is 0 Å². The Labute approximate surface area is 115 Å². The van der Waals surface area contributed by atoms with Crippen LogP contribution in [-0.2, 0) is 9.53 Å². The maximum Gasteiger partial charge on any atom is 0.246 e. The van der Waals surface area contributed by atoms with Crippen LogP contribution in [-0.4, -0.2) is 25.7 Å². The van der Waals surface area contributed by atoms with Crippen molar-refractivity contribution >= 4 is 5.91 Å². The van der Waals surface area contributed by atoms with Gasteiger partial charge in [-0.3, -0.25) is 4.79 Å². The number of benzene rings is 1. The zero-order valence-electron chi connectivity index (χ0n) is 12.1. The maximum atomic E-state index is 11.8. The zero-order chi connectivity index (χ0) is 14.3. The summed E-state index contributed by atoms with van der Waals surface area (Å²) in [6, 6.07) is 7.74. The molecule has 4 nitrogen and oxygen atoms in total. The van der Waals surface area contributed by atoms with Crippen molar-refractivity contribution in [3.05, 3.63) is 29.8 Å². The highest BCUT2D eigenvalue weighted by molar-refractivity contribution is 5.77. The number of hydrogen-bond acceptors (Lipinski definition) is 3. The first-order valence-corrected chi connectivity index (χ1v) is 6.61. The third-order valence-corrected chi connectivity index (χ3v) is 2.81. The first kappa shape index (κ1) is 15.5. The van der Waals surface area contributed by atoms with Gasteiger partial charge in [-0.05, 0) is 38.0 Å². The molecule has 0 saturated carbocycles. The predicted molar refractivity (Wildman–Crippen MR) is 75.3 cm³/mol. The highest BCUT2D eigenvalue weighted by Gasteiger charge is 2.13. The number of methoxy groups -OCH3 is 1. The van der Waals surface area contributed by atoms with Crippen LogP contribution in [0.2, 0.25) is 0 Å². The van der Waals surface area contributed by atoms with E-state index in [1.165, 1.54) is 0 Å². The lowest BCUT2D eigenvalue weighted by atomic mass is 10.0. The monoisotopic (exact) mass is 265 g/mol. The Balaban J connectivity index is 2.59. The predicted octanol–water partition coefficient (Wildman–Crippen LogP) is 2.69. The standard InChI is InChI=1S/C15H23NO3/c1-5-14(16-15(17)10-19-11(2)3)12-6-8-13(18-4)9-7-12/h6-9,11,14H,5,10H2,1-4H3,(H,16,17). The fourth-order valence-electron chi connectivity index (χ4n) is 1.74. The van der Waals surface area contributed by atoms with Crippen molar-refractivity contribution in [2.75, 3.05) is 13.7 Å². The summed E-state index contributed by atoms with van der Waals surface area (Å²) in [5.74, 6) is 0.726. The number of hydrogen-bond donors (Lipinski definition) is 1. The van der Waals surface area contributed by atoms with Gasteiger partial charge in [-0.1, -0.05) is 19.1 Å². The third kappa shape index (κ3) is 5.30. The van der Waals surface area contributed by atoms with Gasteiger partial charge in [0.25, 0.3) is 0 Å². The van der Waals surface area contributed by atoms with Crippen LogP contribution >= 0.6 is 0 Å². The highest BCUT2D eigenvalue weighted by atomic mass is 16.5. The van der Waals surface area contributed by atoms with E-state index >= 15 is 0 Å². The smallest absolute Gasteiger partial charge is 0.246 e. The largest absolute Gasteiger partial charge is 0.497 e. The minimum Gasteiger partial charge on any atom is -0.497 e. The van der Waals surface area contributed by atoms with Crippen LogP contribution in [0, 0.1) is 0 Å². The van der Waals surface area contributed by atoms with Gasteiger partial charge >= 0.3 is 0 Å². The van der Waals surface area contributed by atoms with E-state index in [2.05, 4.69) is 5.32 Å². The second-order valence-corrected chi connectivity index (χ2v) is 4.66. The molecular formula is C15H23NO3. The Kier molecular flexibility index (Phi) is 6.36. The molecule has 0 heterocycles. The normalized spacial score (nSPS) is 12.3. The number of rotatable bonds is 7. The number of amides is 1. The van der Waals surface area contributed by atoms with Crippen molar-refractivity contribution in [1.82, 2.24) is 5.32 Å². The number of carbonyl (C=O) groups excluding carboxylic acids is 1. The summed E-state index contributed by atoms with van der Waals surface area (Å²) in [5, 5.41) is 2.97. The van der Waals surface area contributed by atoms with Crippen LogP contribution in [0.3, 0.4) is 0 Å². The van der Waals surface area contributed by atoms with Crippen molar-refractivity contribution in [3.8, 4) is 5.75 Å². The molecule has 0 aliphatic carbocycles. The minimum atomic E-state index is -0.0867. The molecule has 1 unspecified atom stereocenters. The summed E-state index contributed by atoms with van der Waals surface area (Å²) in [6.45, 7) is 5.96. The van der Waals surface area contributed by atoms with Crippen molar-refractivity contribution < 1.29 is 14.3 Å². The van der Waals surface area contributed by atoms with Crippen molar-refractivity contribution in [1.29, 1.82) is 0 Å². The molecule has 1 amide bonds. The van der Waals surface area contributed by atoms with Gasteiger partial charge in [-0.2, -0.15) is 0 Å². The van der Waals surface area contributed by atoms with E-state index in [1.807, 2.05) is 45.0 Å². The molecule has 0 aromatic heterocycles. The van der Waals surface area contributed by atoms with Gasteiger partial charge in [0.1, 0.15) is 12.4 Å². The Hall–Kier alpha value is -1.55. The van der Waals surface area contributed by atoms with E-state index in [9.17, 15) is 4.79 Å². The van der Waals surface area contributed by atoms with Crippen molar-refractivity contribution in [2.45, 2.75) is 39.3 Å². The Morgan fingerprint density at radius 3 is 2.37 bits per heavy atom. The molecule has 0 bridgehead atoms. The molecule has 1 aromatic carbocycles. The van der Waals surface area contributed by atoms with Gasteiger partial charge in [-0.25, -0.2) is 0 Å². The van der Waals surface area contributed by atoms with Crippen LogP contribution < -0.4 is 10.1 Å². The Morgan fingerprint density at radius 1 is 1.26 bits per heavy atom. The molecule has 0 saturated heterocycles. The first-order valence-electron chi connectivity index (χ1n) is 6.61. The topological polar surface area (TPSA) is 47.6 Å². The van der Waals surface area contributed by atoms with Crippen LogP contribution in [0.4, 0.5) is 0 Å². The molecule has 106 valence electrons. The van der Waals surface area contributed by atoms with E-state index in [0.717, 1.165) is 17.7 Å². The molecule has 1 aromatic rings. The number of carbonyl (C=O) groups is 1. The van der Waals surface area contributed by atoms with Crippen molar-refractivity contribution in [3.63, 3.8) is 0 Å². The zero-order valence-corrected chi connectivity index (χ0v) is 12.1. The molecule has 0 radical (unpaired) electrons. The van der Waals surface area contributed by atoms with Crippen LogP contribution in [0.1, 0.15) is 38.8 Å². The lowest BCUT2D eigenvalue weighted by Gasteiger charge is -2.18. The minimum absolute atomic E-state index is 0.00849. The van der Waals surface area contributed by atoms with Crippen LogP contribution in [0.25, 0.3) is 0 Å². The Bertz CT molecular complexity index is 387. The van der Waals surface area contributed by atoms with Crippen LogP contribution in [0.5, 0.6) is 5.75 Å². The van der Waals surface area contributed by atoms with Crippen LogP contribution in [0.15, 0.2) is 24.3 Å². The molecule has 19 heavy (non-hydrogen) atoms. The lowest BCUT2D eigenvalue weighted by molar-refractivity contribution is -0.127. The van der Waals surface area contributed by atoms with Gasteiger partial charge in [0.05, 0.1) is 19.3 Å². The fourth-order valence-corrected chi connectivity index (χ4v) is 1.74. The SMILES string of the molecule is CCC(NC(=O)COC(C)C)c1ccc(OC)cc1. The molecule has 0 aliphatic rings. The van der Waals surface area contributed by atoms with E-state index in [1.54, 1.807) is 7.11 Å². The fraction of sp³-hybridized carbons (Fsp3) is 0.533. The van der Waals surface area contributed by atoms with E-state index in [4.69, 9.17) is 9.47 Å². The maximum absolute atomic E-state index is 11.8. The Morgan fingerprint density at radius 2 is 1.89 bits per heavy atom. The average molecular weight is 265 g/mol. The van der Waals surface area contributed by atoms with Gasteiger partial charge < -0.3 is 14.8 Å².